The van der Waals surface area contributed by atoms with E-state index in [2.05, 4.69) is 30.6 Å². The maximum Gasteiger partial charge on any atom is 0.00388 e. The molecule has 0 radical (unpaired) electrons. The standard InChI is InChI=1S/C11H22N2/c1-4-12-5-10-7-13(9(2)3)8-11(10)6-12/h9-11H,4-8H2,1-3H3. The maximum atomic E-state index is 2.64. The summed E-state index contributed by atoms with van der Waals surface area (Å²) >= 11 is 0. The summed E-state index contributed by atoms with van der Waals surface area (Å²) in [7, 11) is 0. The van der Waals surface area contributed by atoms with Crippen LogP contribution in [-0.4, -0.2) is 48.6 Å². The van der Waals surface area contributed by atoms with E-state index in [1.807, 2.05) is 0 Å². The number of fused-ring (bicyclic) bond motifs is 1. The molecule has 0 saturated carbocycles. The second-order valence-electron chi connectivity index (χ2n) is 4.92. The highest BCUT2D eigenvalue weighted by Crippen LogP contribution is 2.31. The zero-order valence-corrected chi connectivity index (χ0v) is 9.16. The minimum Gasteiger partial charge on any atom is -0.303 e. The summed E-state index contributed by atoms with van der Waals surface area (Å²) < 4.78 is 0. The van der Waals surface area contributed by atoms with Gasteiger partial charge < -0.3 is 9.80 Å². The lowest BCUT2D eigenvalue weighted by atomic mass is 10.0. The summed E-state index contributed by atoms with van der Waals surface area (Å²) in [6.45, 7) is 13.6. The van der Waals surface area contributed by atoms with E-state index in [0.29, 0.717) is 0 Å². The van der Waals surface area contributed by atoms with Gasteiger partial charge in [0.1, 0.15) is 0 Å². The highest BCUT2D eigenvalue weighted by molar-refractivity contribution is 4.93. The van der Waals surface area contributed by atoms with E-state index < -0.39 is 0 Å². The Hall–Kier alpha value is -0.0800. The van der Waals surface area contributed by atoms with Crippen molar-refractivity contribution in [3.8, 4) is 0 Å². The van der Waals surface area contributed by atoms with E-state index in [1.165, 1.54) is 32.7 Å². The molecule has 2 aliphatic heterocycles. The Bertz CT molecular complexity index is 165. The molecule has 0 aromatic carbocycles. The average Bonchev–Trinajstić information content (AvgIpc) is 2.58. The molecular weight excluding hydrogens is 160 g/mol. The van der Waals surface area contributed by atoms with E-state index in [9.17, 15) is 0 Å². The summed E-state index contributed by atoms with van der Waals surface area (Å²) in [5.74, 6) is 1.95. The molecule has 13 heavy (non-hydrogen) atoms. The summed E-state index contributed by atoms with van der Waals surface area (Å²) in [5.41, 5.74) is 0. The van der Waals surface area contributed by atoms with Crippen LogP contribution < -0.4 is 0 Å². The van der Waals surface area contributed by atoms with Gasteiger partial charge in [-0.2, -0.15) is 0 Å². The number of hydrogen-bond acceptors (Lipinski definition) is 2. The van der Waals surface area contributed by atoms with Crippen LogP contribution >= 0.6 is 0 Å². The van der Waals surface area contributed by atoms with Crippen molar-refractivity contribution in [2.75, 3.05) is 32.7 Å². The summed E-state index contributed by atoms with van der Waals surface area (Å²) in [4.78, 5) is 5.25. The van der Waals surface area contributed by atoms with Crippen LogP contribution in [0.15, 0.2) is 0 Å². The Morgan fingerprint density at radius 1 is 1.08 bits per heavy atom. The van der Waals surface area contributed by atoms with Crippen LogP contribution in [0.2, 0.25) is 0 Å². The normalized spacial score (nSPS) is 36.0. The molecule has 0 aromatic heterocycles. The van der Waals surface area contributed by atoms with Crippen molar-refractivity contribution in [3.63, 3.8) is 0 Å². The zero-order valence-electron chi connectivity index (χ0n) is 9.16. The lowest BCUT2D eigenvalue weighted by Gasteiger charge is -2.23. The number of likely N-dealkylation sites (tertiary alicyclic amines) is 2. The van der Waals surface area contributed by atoms with Crippen molar-refractivity contribution in [1.82, 2.24) is 9.80 Å². The summed E-state index contributed by atoms with van der Waals surface area (Å²) in [6, 6.07) is 0.751. The Morgan fingerprint density at radius 2 is 1.62 bits per heavy atom. The predicted octanol–water partition coefficient (Wildman–Crippen LogP) is 1.28. The molecule has 0 N–H and O–H groups in total. The van der Waals surface area contributed by atoms with E-state index in [0.717, 1.165) is 17.9 Å². The third kappa shape index (κ3) is 1.75. The van der Waals surface area contributed by atoms with Gasteiger partial charge in [-0.3, -0.25) is 0 Å². The van der Waals surface area contributed by atoms with Gasteiger partial charge in [0.25, 0.3) is 0 Å². The third-order valence-corrected chi connectivity index (χ3v) is 3.77. The second kappa shape index (κ2) is 3.58. The van der Waals surface area contributed by atoms with Crippen LogP contribution in [-0.2, 0) is 0 Å². The molecular formula is C11H22N2. The topological polar surface area (TPSA) is 6.48 Å². The minimum absolute atomic E-state index is 0.751. The van der Waals surface area contributed by atoms with E-state index in [-0.39, 0.29) is 0 Å². The van der Waals surface area contributed by atoms with Gasteiger partial charge in [-0.25, -0.2) is 0 Å². The average molecular weight is 182 g/mol. The van der Waals surface area contributed by atoms with Gasteiger partial charge in [0.2, 0.25) is 0 Å². The molecule has 2 fully saturated rings. The molecule has 2 unspecified atom stereocenters. The summed E-state index contributed by atoms with van der Waals surface area (Å²) in [5, 5.41) is 0. The van der Waals surface area contributed by atoms with E-state index in [1.54, 1.807) is 0 Å². The molecule has 2 saturated heterocycles. The lowest BCUT2D eigenvalue weighted by Crippen LogP contribution is -2.33. The Balaban J connectivity index is 1.89. The Labute approximate surface area is 81.9 Å². The molecule has 2 rings (SSSR count). The SMILES string of the molecule is CCN1CC2CN(C(C)C)CC2C1. The fourth-order valence-corrected chi connectivity index (χ4v) is 2.81. The van der Waals surface area contributed by atoms with Gasteiger partial charge in [-0.15, -0.1) is 0 Å². The molecule has 0 aromatic rings. The smallest absolute Gasteiger partial charge is 0.00388 e. The molecule has 2 nitrogen and oxygen atoms in total. The van der Waals surface area contributed by atoms with Gasteiger partial charge in [-0.05, 0) is 32.2 Å². The zero-order chi connectivity index (χ0) is 9.42. The Morgan fingerprint density at radius 3 is 2.00 bits per heavy atom. The van der Waals surface area contributed by atoms with Crippen molar-refractivity contribution in [2.24, 2.45) is 11.8 Å². The number of nitrogens with zero attached hydrogens (tertiary/aromatic N) is 2. The first-order valence-corrected chi connectivity index (χ1v) is 5.67. The second-order valence-corrected chi connectivity index (χ2v) is 4.92. The van der Waals surface area contributed by atoms with Crippen molar-refractivity contribution in [3.05, 3.63) is 0 Å². The van der Waals surface area contributed by atoms with E-state index >= 15 is 0 Å². The van der Waals surface area contributed by atoms with Crippen LogP contribution in [0, 0.1) is 11.8 Å². The molecule has 0 aliphatic carbocycles. The lowest BCUT2D eigenvalue weighted by molar-refractivity contribution is 0.226. The van der Waals surface area contributed by atoms with Crippen LogP contribution in [0.3, 0.4) is 0 Å². The number of hydrogen-bond donors (Lipinski definition) is 0. The van der Waals surface area contributed by atoms with Gasteiger partial charge in [0, 0.05) is 32.2 Å². The van der Waals surface area contributed by atoms with E-state index in [4.69, 9.17) is 0 Å². The summed E-state index contributed by atoms with van der Waals surface area (Å²) in [6.07, 6.45) is 0. The highest BCUT2D eigenvalue weighted by Gasteiger charge is 2.39. The largest absolute Gasteiger partial charge is 0.303 e. The first-order chi connectivity index (χ1) is 6.20. The monoisotopic (exact) mass is 182 g/mol. The van der Waals surface area contributed by atoms with Crippen LogP contribution in [0.5, 0.6) is 0 Å². The van der Waals surface area contributed by atoms with Crippen LogP contribution in [0.4, 0.5) is 0 Å². The molecule has 0 amide bonds. The molecule has 2 heterocycles. The number of rotatable bonds is 2. The Kier molecular flexibility index (Phi) is 2.61. The third-order valence-electron chi connectivity index (χ3n) is 3.77. The minimum atomic E-state index is 0.751. The van der Waals surface area contributed by atoms with Crippen molar-refractivity contribution < 1.29 is 0 Å². The molecule has 2 heteroatoms. The fourth-order valence-electron chi connectivity index (χ4n) is 2.81. The first kappa shape index (κ1) is 9.47. The fraction of sp³-hybridized carbons (Fsp3) is 1.00. The molecule has 0 bridgehead atoms. The molecule has 0 spiro atoms. The van der Waals surface area contributed by atoms with Crippen molar-refractivity contribution in [1.29, 1.82) is 0 Å². The van der Waals surface area contributed by atoms with Gasteiger partial charge >= 0.3 is 0 Å². The predicted molar refractivity (Wildman–Crippen MR) is 55.8 cm³/mol. The molecule has 2 atom stereocenters. The van der Waals surface area contributed by atoms with Crippen molar-refractivity contribution >= 4 is 0 Å². The van der Waals surface area contributed by atoms with Gasteiger partial charge in [-0.1, -0.05) is 6.92 Å². The van der Waals surface area contributed by atoms with Crippen molar-refractivity contribution in [2.45, 2.75) is 26.8 Å². The van der Waals surface area contributed by atoms with Crippen LogP contribution in [0.1, 0.15) is 20.8 Å². The quantitative estimate of drug-likeness (QED) is 0.635. The molecule has 76 valence electrons. The first-order valence-electron chi connectivity index (χ1n) is 5.67. The molecule has 2 aliphatic rings. The maximum absolute atomic E-state index is 2.64. The highest BCUT2D eigenvalue weighted by atomic mass is 15.2. The van der Waals surface area contributed by atoms with Gasteiger partial charge in [0.15, 0.2) is 0 Å². The van der Waals surface area contributed by atoms with Gasteiger partial charge in [0.05, 0.1) is 0 Å². The van der Waals surface area contributed by atoms with Crippen LogP contribution in [0.25, 0.3) is 0 Å².